The number of nitrogens with one attached hydrogen (secondary N) is 1. The lowest BCUT2D eigenvalue weighted by Crippen LogP contribution is -2.50. The highest BCUT2D eigenvalue weighted by molar-refractivity contribution is 5.98. The van der Waals surface area contributed by atoms with Gasteiger partial charge in [0.1, 0.15) is 11.9 Å². The molecule has 0 saturated carbocycles. The third-order valence-corrected chi connectivity index (χ3v) is 3.62. The van der Waals surface area contributed by atoms with Crippen LogP contribution in [0.25, 0.3) is 0 Å². The van der Waals surface area contributed by atoms with Crippen LogP contribution in [-0.4, -0.2) is 49.2 Å². The van der Waals surface area contributed by atoms with Gasteiger partial charge in [-0.05, 0) is 24.3 Å². The van der Waals surface area contributed by atoms with Crippen LogP contribution in [0.5, 0.6) is 0 Å². The lowest BCUT2D eigenvalue weighted by Gasteiger charge is -2.26. The van der Waals surface area contributed by atoms with Crippen LogP contribution in [-0.2, 0) is 23.9 Å². The average Bonchev–Trinajstić information content (AvgIpc) is 2.59. The van der Waals surface area contributed by atoms with Crippen LogP contribution >= 0.6 is 0 Å². The zero-order chi connectivity index (χ0) is 19.1. The molecule has 9 heteroatoms. The van der Waals surface area contributed by atoms with Gasteiger partial charge in [-0.2, -0.15) is 0 Å². The number of ether oxygens (including phenoxy) is 2. The van der Waals surface area contributed by atoms with Crippen molar-refractivity contribution in [1.29, 1.82) is 0 Å². The molecule has 1 aromatic rings. The maximum absolute atomic E-state index is 12.9. The standard InChI is InChI=1S/C16H18FNO7/c1-8(11(15(22)24-2)16(23)25-3)12(14(20)21)18-13(19)9-4-6-10(17)7-5-9/h4-8,11-12H,1-3H3,(H,18,19)(H,20,21)/t8-,12-/m1/s1. The number of esters is 2. The number of carbonyl (C=O) groups excluding carboxylic acids is 3. The summed E-state index contributed by atoms with van der Waals surface area (Å²) in [7, 11) is 2.08. The average molecular weight is 355 g/mol. The molecule has 0 bridgehead atoms. The highest BCUT2D eigenvalue weighted by atomic mass is 19.1. The Labute approximate surface area is 142 Å². The third-order valence-electron chi connectivity index (χ3n) is 3.62. The van der Waals surface area contributed by atoms with Crippen molar-refractivity contribution >= 4 is 23.8 Å². The maximum atomic E-state index is 12.9. The van der Waals surface area contributed by atoms with Crippen LogP contribution in [0.15, 0.2) is 24.3 Å². The Hall–Kier alpha value is -2.97. The molecule has 136 valence electrons. The molecule has 1 amide bonds. The van der Waals surface area contributed by atoms with Crippen LogP contribution in [0.2, 0.25) is 0 Å². The van der Waals surface area contributed by atoms with Crippen LogP contribution in [0.4, 0.5) is 4.39 Å². The molecule has 1 aromatic carbocycles. The van der Waals surface area contributed by atoms with Gasteiger partial charge in [-0.25, -0.2) is 9.18 Å². The second kappa shape index (κ2) is 8.76. The molecule has 1 rings (SSSR count). The molecule has 0 heterocycles. The number of carboxylic acid groups (broad SMARTS) is 1. The fraction of sp³-hybridized carbons (Fsp3) is 0.375. The first-order chi connectivity index (χ1) is 11.7. The molecule has 0 aliphatic rings. The normalized spacial score (nSPS) is 12.8. The molecule has 0 aliphatic carbocycles. The predicted molar refractivity (Wildman–Crippen MR) is 82.0 cm³/mol. The van der Waals surface area contributed by atoms with Crippen molar-refractivity contribution in [3.05, 3.63) is 35.6 Å². The largest absolute Gasteiger partial charge is 0.480 e. The Morgan fingerprint density at radius 3 is 1.92 bits per heavy atom. The minimum absolute atomic E-state index is 0.0209. The molecule has 0 aromatic heterocycles. The van der Waals surface area contributed by atoms with Gasteiger partial charge in [0.05, 0.1) is 14.2 Å². The first-order valence-electron chi connectivity index (χ1n) is 7.17. The molecule has 0 unspecified atom stereocenters. The maximum Gasteiger partial charge on any atom is 0.326 e. The molecule has 2 N–H and O–H groups in total. The van der Waals surface area contributed by atoms with Crippen molar-refractivity contribution in [1.82, 2.24) is 5.32 Å². The Morgan fingerprint density at radius 2 is 1.52 bits per heavy atom. The van der Waals surface area contributed by atoms with Crippen molar-refractivity contribution in [3.63, 3.8) is 0 Å². The van der Waals surface area contributed by atoms with Crippen molar-refractivity contribution in [3.8, 4) is 0 Å². The highest BCUT2D eigenvalue weighted by Crippen LogP contribution is 2.20. The molecule has 0 radical (unpaired) electrons. The smallest absolute Gasteiger partial charge is 0.326 e. The fourth-order valence-electron chi connectivity index (χ4n) is 2.22. The summed E-state index contributed by atoms with van der Waals surface area (Å²) in [6, 6.07) is 2.85. The SMILES string of the molecule is COC(=O)C(C(=O)OC)[C@@H](C)[C@@H](NC(=O)c1ccc(F)cc1)C(=O)O. The summed E-state index contributed by atoms with van der Waals surface area (Å²) in [6.45, 7) is 1.29. The molecular weight excluding hydrogens is 337 g/mol. The van der Waals surface area contributed by atoms with E-state index >= 15 is 0 Å². The lowest BCUT2D eigenvalue weighted by molar-refractivity contribution is -0.162. The number of carboxylic acids is 1. The Morgan fingerprint density at radius 1 is 1.04 bits per heavy atom. The van der Waals surface area contributed by atoms with E-state index in [-0.39, 0.29) is 5.56 Å². The van der Waals surface area contributed by atoms with Gasteiger partial charge >= 0.3 is 17.9 Å². The number of carbonyl (C=O) groups is 4. The summed E-state index contributed by atoms with van der Waals surface area (Å²) in [5.74, 6) is -7.49. The van der Waals surface area contributed by atoms with Gasteiger partial charge < -0.3 is 19.9 Å². The fourth-order valence-corrected chi connectivity index (χ4v) is 2.22. The van der Waals surface area contributed by atoms with E-state index in [9.17, 15) is 28.7 Å². The van der Waals surface area contributed by atoms with Crippen molar-refractivity contribution in [2.45, 2.75) is 13.0 Å². The quantitative estimate of drug-likeness (QED) is 0.543. The number of rotatable bonds is 7. The van der Waals surface area contributed by atoms with Gasteiger partial charge in [0.2, 0.25) is 0 Å². The zero-order valence-corrected chi connectivity index (χ0v) is 13.8. The molecule has 2 atom stereocenters. The Balaban J connectivity index is 3.06. The monoisotopic (exact) mass is 355 g/mol. The number of hydrogen-bond donors (Lipinski definition) is 2. The molecule has 0 saturated heterocycles. The van der Waals surface area contributed by atoms with E-state index in [0.29, 0.717) is 0 Å². The van der Waals surface area contributed by atoms with Crippen LogP contribution < -0.4 is 5.32 Å². The Bertz CT molecular complexity index is 643. The van der Waals surface area contributed by atoms with E-state index in [0.717, 1.165) is 26.4 Å². The first-order valence-corrected chi connectivity index (χ1v) is 7.17. The molecule has 25 heavy (non-hydrogen) atoms. The number of halogens is 1. The first kappa shape index (κ1) is 20.1. The van der Waals surface area contributed by atoms with Crippen molar-refractivity contribution < 1.29 is 38.1 Å². The summed E-state index contributed by atoms with van der Waals surface area (Å²) in [4.78, 5) is 47.3. The van der Waals surface area contributed by atoms with Crippen LogP contribution in [0, 0.1) is 17.7 Å². The van der Waals surface area contributed by atoms with Crippen molar-refractivity contribution in [2.75, 3.05) is 14.2 Å². The third kappa shape index (κ3) is 5.00. The lowest BCUT2D eigenvalue weighted by atomic mass is 9.87. The molecule has 8 nitrogen and oxygen atoms in total. The summed E-state index contributed by atoms with van der Waals surface area (Å²) in [5, 5.41) is 11.6. The Kier molecular flexibility index (Phi) is 7.04. The molecule has 0 fully saturated rings. The van der Waals surface area contributed by atoms with Crippen LogP contribution in [0.1, 0.15) is 17.3 Å². The van der Waals surface area contributed by atoms with E-state index in [4.69, 9.17) is 0 Å². The highest BCUT2D eigenvalue weighted by Gasteiger charge is 2.42. The van der Waals surface area contributed by atoms with Crippen LogP contribution in [0.3, 0.4) is 0 Å². The van der Waals surface area contributed by atoms with E-state index < -0.39 is 47.5 Å². The summed E-state index contributed by atoms with van der Waals surface area (Å²) >= 11 is 0. The zero-order valence-electron chi connectivity index (χ0n) is 13.8. The second-order valence-electron chi connectivity index (χ2n) is 5.18. The second-order valence-corrected chi connectivity index (χ2v) is 5.18. The molecule has 0 aliphatic heterocycles. The predicted octanol–water partition coefficient (Wildman–Crippen LogP) is 0.607. The molecule has 0 spiro atoms. The molecular formula is C16H18FNO7. The minimum atomic E-state index is -1.58. The number of methoxy groups -OCH3 is 2. The van der Waals surface area contributed by atoms with Gasteiger partial charge in [0.15, 0.2) is 5.92 Å². The summed E-state index contributed by atoms with van der Waals surface area (Å²) in [6.07, 6.45) is 0. The van der Waals surface area contributed by atoms with Gasteiger partial charge in [-0.15, -0.1) is 0 Å². The minimum Gasteiger partial charge on any atom is -0.480 e. The summed E-state index contributed by atoms with van der Waals surface area (Å²) < 4.78 is 21.9. The van der Waals surface area contributed by atoms with E-state index in [1.165, 1.54) is 19.1 Å². The van der Waals surface area contributed by atoms with Gasteiger partial charge in [-0.3, -0.25) is 14.4 Å². The topological polar surface area (TPSA) is 119 Å². The number of benzene rings is 1. The van der Waals surface area contributed by atoms with E-state index in [1.807, 2.05) is 0 Å². The summed E-state index contributed by atoms with van der Waals surface area (Å²) in [5.41, 5.74) is 0.0209. The van der Waals surface area contributed by atoms with Crippen molar-refractivity contribution in [2.24, 2.45) is 11.8 Å². The number of amides is 1. The van der Waals surface area contributed by atoms with Gasteiger partial charge in [-0.1, -0.05) is 6.92 Å². The van der Waals surface area contributed by atoms with Gasteiger partial charge in [0, 0.05) is 11.5 Å². The van der Waals surface area contributed by atoms with E-state index in [1.54, 1.807) is 0 Å². The van der Waals surface area contributed by atoms with E-state index in [2.05, 4.69) is 14.8 Å². The van der Waals surface area contributed by atoms with Gasteiger partial charge in [0.25, 0.3) is 5.91 Å². The number of hydrogen-bond acceptors (Lipinski definition) is 6. The number of aliphatic carboxylic acids is 1.